The predicted molar refractivity (Wildman–Crippen MR) is 126 cm³/mol. The van der Waals surface area contributed by atoms with Gasteiger partial charge >= 0.3 is 0 Å². The number of benzene rings is 2. The lowest BCUT2D eigenvalue weighted by atomic mass is 10.1. The number of aliphatic hydroxyl groups is 1. The molecule has 9 heteroatoms. The van der Waals surface area contributed by atoms with E-state index in [1.165, 1.54) is 0 Å². The van der Waals surface area contributed by atoms with E-state index >= 15 is 0 Å². The SMILES string of the molecule is COc1cc(CN(CC(O)COc2cccc(C)c2)C2CCS(=O)(=O)C2)cc(OC)c1OC. The molecule has 0 bridgehead atoms. The van der Waals surface area contributed by atoms with E-state index in [4.69, 9.17) is 18.9 Å². The van der Waals surface area contributed by atoms with Crippen LogP contribution in [0.1, 0.15) is 17.5 Å². The van der Waals surface area contributed by atoms with Gasteiger partial charge in [-0.2, -0.15) is 0 Å². The van der Waals surface area contributed by atoms with E-state index in [0.717, 1.165) is 11.1 Å². The van der Waals surface area contributed by atoms with E-state index in [1.807, 2.05) is 48.2 Å². The summed E-state index contributed by atoms with van der Waals surface area (Å²) in [6.07, 6.45) is -0.269. The van der Waals surface area contributed by atoms with Crippen LogP contribution in [0.15, 0.2) is 36.4 Å². The van der Waals surface area contributed by atoms with Crippen LogP contribution >= 0.6 is 0 Å². The zero-order valence-electron chi connectivity index (χ0n) is 19.6. The quantitative estimate of drug-likeness (QED) is 0.525. The molecule has 3 rings (SSSR count). The number of aryl methyl sites for hydroxylation is 1. The van der Waals surface area contributed by atoms with Crippen LogP contribution in [0.2, 0.25) is 0 Å². The van der Waals surface area contributed by atoms with Gasteiger partial charge in [-0.1, -0.05) is 12.1 Å². The average molecular weight is 480 g/mol. The van der Waals surface area contributed by atoms with Crippen LogP contribution in [0.4, 0.5) is 0 Å². The van der Waals surface area contributed by atoms with Crippen molar-refractivity contribution in [2.24, 2.45) is 0 Å². The van der Waals surface area contributed by atoms with Crippen molar-refractivity contribution < 1.29 is 32.5 Å². The minimum atomic E-state index is -3.09. The third-order valence-corrected chi connectivity index (χ3v) is 7.46. The molecule has 0 aliphatic carbocycles. The molecule has 0 saturated carbocycles. The molecule has 1 fully saturated rings. The van der Waals surface area contributed by atoms with Gasteiger partial charge in [-0.15, -0.1) is 0 Å². The van der Waals surface area contributed by atoms with Crippen molar-refractivity contribution in [3.8, 4) is 23.0 Å². The maximum atomic E-state index is 12.1. The number of methoxy groups -OCH3 is 3. The standard InChI is InChI=1S/C24H33NO7S/c1-17-6-5-7-21(10-17)32-15-20(26)14-25(19-8-9-33(27,28)16-19)13-18-11-22(29-2)24(31-4)23(12-18)30-3/h5-7,10-12,19-20,26H,8-9,13-16H2,1-4H3. The fraction of sp³-hybridized carbons (Fsp3) is 0.500. The number of hydrogen-bond acceptors (Lipinski definition) is 8. The van der Waals surface area contributed by atoms with E-state index in [1.54, 1.807) is 21.3 Å². The van der Waals surface area contributed by atoms with Crippen molar-refractivity contribution >= 4 is 9.84 Å². The lowest BCUT2D eigenvalue weighted by molar-refractivity contribution is 0.0524. The molecule has 1 heterocycles. The summed E-state index contributed by atoms with van der Waals surface area (Å²) in [6.45, 7) is 2.76. The predicted octanol–water partition coefficient (Wildman–Crippen LogP) is 2.45. The van der Waals surface area contributed by atoms with Gasteiger partial charge in [0.25, 0.3) is 0 Å². The maximum absolute atomic E-state index is 12.1. The molecule has 1 aliphatic heterocycles. The summed E-state index contributed by atoms with van der Waals surface area (Å²) in [5, 5.41) is 10.7. The summed E-state index contributed by atoms with van der Waals surface area (Å²) in [5.41, 5.74) is 1.93. The monoisotopic (exact) mass is 479 g/mol. The summed E-state index contributed by atoms with van der Waals surface area (Å²) >= 11 is 0. The van der Waals surface area contributed by atoms with Gasteiger partial charge in [-0.25, -0.2) is 8.42 Å². The van der Waals surface area contributed by atoms with Crippen LogP contribution in [0.25, 0.3) is 0 Å². The number of nitrogens with zero attached hydrogens (tertiary/aromatic N) is 1. The Bertz CT molecular complexity index is 1020. The molecule has 0 spiro atoms. The Morgan fingerprint density at radius 2 is 1.79 bits per heavy atom. The van der Waals surface area contributed by atoms with Crippen molar-refractivity contribution in [3.63, 3.8) is 0 Å². The van der Waals surface area contributed by atoms with Gasteiger partial charge in [0.05, 0.1) is 32.8 Å². The van der Waals surface area contributed by atoms with Crippen LogP contribution in [-0.4, -0.2) is 76.6 Å². The van der Waals surface area contributed by atoms with Crippen LogP contribution in [0, 0.1) is 6.92 Å². The normalized spacial score (nSPS) is 18.2. The number of rotatable bonds is 11. The van der Waals surface area contributed by atoms with Crippen LogP contribution in [0.3, 0.4) is 0 Å². The summed E-state index contributed by atoms with van der Waals surface area (Å²) in [4.78, 5) is 2.00. The van der Waals surface area contributed by atoms with Crippen LogP contribution in [0.5, 0.6) is 23.0 Å². The smallest absolute Gasteiger partial charge is 0.203 e. The molecular weight excluding hydrogens is 446 g/mol. The molecular formula is C24H33NO7S. The molecule has 1 aliphatic rings. The Morgan fingerprint density at radius 1 is 1.09 bits per heavy atom. The first kappa shape index (κ1) is 25.1. The van der Waals surface area contributed by atoms with Crippen molar-refractivity contribution in [1.29, 1.82) is 0 Å². The fourth-order valence-corrected chi connectivity index (χ4v) is 5.85. The van der Waals surface area contributed by atoms with Gasteiger partial charge in [0.1, 0.15) is 18.5 Å². The highest BCUT2D eigenvalue weighted by Crippen LogP contribution is 2.38. The Kier molecular flexibility index (Phi) is 8.45. The second kappa shape index (κ2) is 11.1. The maximum Gasteiger partial charge on any atom is 0.203 e. The molecule has 0 amide bonds. The number of hydrogen-bond donors (Lipinski definition) is 1. The molecule has 2 unspecified atom stereocenters. The van der Waals surface area contributed by atoms with Gasteiger partial charge < -0.3 is 24.1 Å². The van der Waals surface area contributed by atoms with Crippen LogP contribution < -0.4 is 18.9 Å². The van der Waals surface area contributed by atoms with Crippen molar-refractivity contribution in [2.45, 2.75) is 32.0 Å². The minimum absolute atomic E-state index is 0.0723. The first-order valence-corrected chi connectivity index (χ1v) is 12.7. The molecule has 2 aromatic carbocycles. The number of sulfone groups is 1. The first-order chi connectivity index (χ1) is 15.7. The molecule has 1 N–H and O–H groups in total. The highest BCUT2D eigenvalue weighted by atomic mass is 32.2. The zero-order chi connectivity index (χ0) is 24.0. The highest BCUT2D eigenvalue weighted by Gasteiger charge is 2.33. The van der Waals surface area contributed by atoms with Crippen molar-refractivity contribution in [3.05, 3.63) is 47.5 Å². The van der Waals surface area contributed by atoms with E-state index in [0.29, 0.717) is 36.0 Å². The van der Waals surface area contributed by atoms with E-state index in [2.05, 4.69) is 0 Å². The van der Waals surface area contributed by atoms with Crippen molar-refractivity contribution in [2.75, 3.05) is 46.0 Å². The fourth-order valence-electron chi connectivity index (χ4n) is 4.09. The third-order valence-electron chi connectivity index (χ3n) is 5.71. The molecule has 33 heavy (non-hydrogen) atoms. The molecule has 2 aromatic rings. The van der Waals surface area contributed by atoms with Gasteiger partial charge in [-0.05, 0) is 48.7 Å². The molecule has 1 saturated heterocycles. The molecule has 0 aromatic heterocycles. The lowest BCUT2D eigenvalue weighted by Crippen LogP contribution is -2.42. The number of aliphatic hydroxyl groups excluding tert-OH is 1. The largest absolute Gasteiger partial charge is 0.493 e. The zero-order valence-corrected chi connectivity index (χ0v) is 20.4. The Hall–Kier alpha value is -2.49. The van der Waals surface area contributed by atoms with Gasteiger partial charge in [0.2, 0.25) is 5.75 Å². The van der Waals surface area contributed by atoms with Crippen LogP contribution in [-0.2, 0) is 16.4 Å². The first-order valence-electron chi connectivity index (χ1n) is 10.9. The molecule has 8 nitrogen and oxygen atoms in total. The Balaban J connectivity index is 1.77. The Labute approximate surface area is 195 Å². The van der Waals surface area contributed by atoms with E-state index in [9.17, 15) is 13.5 Å². The summed E-state index contributed by atoms with van der Waals surface area (Å²) in [7, 11) is 1.55. The lowest BCUT2D eigenvalue weighted by Gasteiger charge is -2.30. The van der Waals surface area contributed by atoms with Gasteiger partial charge in [0, 0.05) is 19.1 Å². The second-order valence-corrected chi connectivity index (χ2v) is 10.5. The van der Waals surface area contributed by atoms with Crippen molar-refractivity contribution in [1.82, 2.24) is 4.90 Å². The summed E-state index contributed by atoms with van der Waals surface area (Å²) < 4.78 is 46.3. The van der Waals surface area contributed by atoms with E-state index < -0.39 is 15.9 Å². The van der Waals surface area contributed by atoms with Gasteiger partial charge in [-0.3, -0.25) is 4.90 Å². The number of ether oxygens (including phenoxy) is 4. The molecule has 2 atom stereocenters. The minimum Gasteiger partial charge on any atom is -0.493 e. The molecule has 0 radical (unpaired) electrons. The molecule has 182 valence electrons. The van der Waals surface area contributed by atoms with E-state index in [-0.39, 0.29) is 30.7 Å². The highest BCUT2D eigenvalue weighted by molar-refractivity contribution is 7.91. The second-order valence-electron chi connectivity index (χ2n) is 8.30. The summed E-state index contributed by atoms with van der Waals surface area (Å²) in [6, 6.07) is 11.1. The Morgan fingerprint density at radius 3 is 2.33 bits per heavy atom. The third kappa shape index (κ3) is 6.75. The van der Waals surface area contributed by atoms with Gasteiger partial charge in [0.15, 0.2) is 21.3 Å². The average Bonchev–Trinajstić information content (AvgIpc) is 3.16. The summed E-state index contributed by atoms with van der Waals surface area (Å²) in [5.74, 6) is 2.45. The topological polar surface area (TPSA) is 94.5 Å².